The summed E-state index contributed by atoms with van der Waals surface area (Å²) in [5.41, 5.74) is 2.98. The first-order valence-electron chi connectivity index (χ1n) is 11.4. The van der Waals surface area contributed by atoms with Crippen LogP contribution in [-0.2, 0) is 16.6 Å². The highest BCUT2D eigenvalue weighted by atomic mass is 32.1. The molecule has 0 aliphatic rings. The highest BCUT2D eigenvalue weighted by Gasteiger charge is 2.26. The number of esters is 1. The molecule has 0 bridgehead atoms. The van der Waals surface area contributed by atoms with Crippen molar-refractivity contribution >= 4 is 49.3 Å². The fourth-order valence-corrected chi connectivity index (χ4v) is 5.13. The minimum atomic E-state index is -1.11. The van der Waals surface area contributed by atoms with Gasteiger partial charge in [0.05, 0.1) is 10.2 Å². The van der Waals surface area contributed by atoms with Crippen molar-refractivity contribution in [3.8, 4) is 11.1 Å². The Morgan fingerprint density at radius 3 is 2.44 bits per heavy atom. The molecule has 1 atom stereocenters. The van der Waals surface area contributed by atoms with Crippen LogP contribution in [-0.4, -0.2) is 27.5 Å². The Morgan fingerprint density at radius 2 is 1.69 bits per heavy atom. The van der Waals surface area contributed by atoms with Crippen LogP contribution in [0.2, 0.25) is 0 Å². The predicted octanol–water partition coefficient (Wildman–Crippen LogP) is 5.31. The van der Waals surface area contributed by atoms with Crippen molar-refractivity contribution in [2.75, 3.05) is 5.32 Å². The summed E-state index contributed by atoms with van der Waals surface area (Å²) < 4.78 is 7.81. The van der Waals surface area contributed by atoms with E-state index in [0.29, 0.717) is 21.5 Å². The van der Waals surface area contributed by atoms with E-state index >= 15 is 0 Å². The number of amides is 1. The molecule has 0 saturated heterocycles. The summed E-state index contributed by atoms with van der Waals surface area (Å²) in [4.78, 5) is 43.8. The molecule has 3 aromatic carbocycles. The number of thiazole rings is 1. The quantitative estimate of drug-likeness (QED) is 0.333. The van der Waals surface area contributed by atoms with E-state index in [0.717, 1.165) is 21.3 Å². The summed E-state index contributed by atoms with van der Waals surface area (Å²) in [6.45, 7) is 3.48. The maximum Gasteiger partial charge on any atom is 0.356 e. The number of carbonyl (C=O) groups is 2. The van der Waals surface area contributed by atoms with Crippen molar-refractivity contribution < 1.29 is 14.3 Å². The third kappa shape index (κ3) is 4.27. The average Bonchev–Trinajstić information content (AvgIpc) is 3.27. The number of hydrogen-bond donors (Lipinski definition) is 1. The second-order valence-electron chi connectivity index (χ2n) is 8.53. The number of anilines is 1. The van der Waals surface area contributed by atoms with Crippen LogP contribution in [0.25, 0.3) is 32.1 Å². The standard InChI is InChI=1S/C28H23N3O4S/c1-16-13-14-21-22(15-16)36-28(29-21)30-25(32)17(2)35-27(34)24-23(18-9-5-4-6-10-18)19-11-7-8-12-20(19)26(33)31(24)3/h4-15,17H,1-3H3,(H,29,30,32). The SMILES string of the molecule is Cc1ccc2nc(NC(=O)C(C)OC(=O)c3c(-c4ccccc4)c4ccccc4c(=O)n3C)sc2c1. The van der Waals surface area contributed by atoms with Crippen LogP contribution in [0.3, 0.4) is 0 Å². The molecule has 1 N–H and O–H groups in total. The molecule has 1 unspecified atom stereocenters. The van der Waals surface area contributed by atoms with Gasteiger partial charge in [0.1, 0.15) is 5.69 Å². The summed E-state index contributed by atoms with van der Waals surface area (Å²) in [7, 11) is 1.53. The lowest BCUT2D eigenvalue weighted by molar-refractivity contribution is -0.123. The fourth-order valence-electron chi connectivity index (χ4n) is 4.16. The molecule has 7 nitrogen and oxygen atoms in total. The van der Waals surface area contributed by atoms with Gasteiger partial charge in [-0.25, -0.2) is 9.78 Å². The molecule has 5 aromatic rings. The Kier molecular flexibility index (Phi) is 6.12. The molecule has 8 heteroatoms. The van der Waals surface area contributed by atoms with Gasteiger partial charge in [0, 0.05) is 18.0 Å². The maximum atomic E-state index is 13.4. The number of nitrogens with zero attached hydrogens (tertiary/aromatic N) is 2. The number of ether oxygens (including phenoxy) is 1. The maximum absolute atomic E-state index is 13.4. The van der Waals surface area contributed by atoms with E-state index in [1.54, 1.807) is 18.2 Å². The van der Waals surface area contributed by atoms with Crippen LogP contribution < -0.4 is 10.9 Å². The van der Waals surface area contributed by atoms with E-state index in [2.05, 4.69) is 10.3 Å². The van der Waals surface area contributed by atoms with Gasteiger partial charge in [-0.2, -0.15) is 0 Å². The van der Waals surface area contributed by atoms with E-state index in [1.165, 1.54) is 29.9 Å². The van der Waals surface area contributed by atoms with Crippen LogP contribution in [0, 0.1) is 6.92 Å². The first kappa shape index (κ1) is 23.4. The monoisotopic (exact) mass is 497 g/mol. The fraction of sp³-hybridized carbons (Fsp3) is 0.143. The summed E-state index contributed by atoms with van der Waals surface area (Å²) >= 11 is 1.35. The number of pyridine rings is 1. The smallest absolute Gasteiger partial charge is 0.356 e. The van der Waals surface area contributed by atoms with Crippen LogP contribution in [0.1, 0.15) is 23.0 Å². The third-order valence-electron chi connectivity index (χ3n) is 5.99. The molecular formula is C28H23N3O4S. The summed E-state index contributed by atoms with van der Waals surface area (Å²) in [6.07, 6.45) is -1.11. The topological polar surface area (TPSA) is 90.3 Å². The predicted molar refractivity (Wildman–Crippen MR) is 142 cm³/mol. The second-order valence-corrected chi connectivity index (χ2v) is 9.56. The molecule has 0 aliphatic carbocycles. The van der Waals surface area contributed by atoms with E-state index in [9.17, 15) is 14.4 Å². The van der Waals surface area contributed by atoms with Gasteiger partial charge >= 0.3 is 5.97 Å². The number of fused-ring (bicyclic) bond motifs is 2. The van der Waals surface area contributed by atoms with Gasteiger partial charge in [-0.15, -0.1) is 0 Å². The number of aryl methyl sites for hydroxylation is 1. The first-order chi connectivity index (χ1) is 17.3. The van der Waals surface area contributed by atoms with E-state index < -0.39 is 18.0 Å². The molecule has 0 aliphatic heterocycles. The molecule has 2 aromatic heterocycles. The lowest BCUT2D eigenvalue weighted by atomic mass is 9.97. The highest BCUT2D eigenvalue weighted by Crippen LogP contribution is 2.31. The zero-order chi connectivity index (χ0) is 25.4. The number of nitrogens with one attached hydrogen (secondary N) is 1. The largest absolute Gasteiger partial charge is 0.448 e. The molecule has 36 heavy (non-hydrogen) atoms. The van der Waals surface area contributed by atoms with E-state index in [-0.39, 0.29) is 11.3 Å². The first-order valence-corrected chi connectivity index (χ1v) is 12.2. The zero-order valence-corrected chi connectivity index (χ0v) is 20.8. The molecule has 0 saturated carbocycles. The van der Waals surface area contributed by atoms with Gasteiger partial charge in [0.15, 0.2) is 11.2 Å². The lowest BCUT2D eigenvalue weighted by Crippen LogP contribution is -2.32. The van der Waals surface area contributed by atoms with E-state index in [4.69, 9.17) is 4.74 Å². The van der Waals surface area contributed by atoms with Crippen molar-refractivity contribution in [2.24, 2.45) is 7.05 Å². The molecule has 180 valence electrons. The summed E-state index contributed by atoms with van der Waals surface area (Å²) in [5, 5.41) is 4.29. The third-order valence-corrected chi connectivity index (χ3v) is 6.92. The Hall–Kier alpha value is -4.30. The number of carbonyl (C=O) groups excluding carboxylic acids is 2. The van der Waals surface area contributed by atoms with Crippen molar-refractivity contribution in [1.29, 1.82) is 0 Å². The van der Waals surface area contributed by atoms with Crippen LogP contribution >= 0.6 is 11.3 Å². The van der Waals surface area contributed by atoms with E-state index in [1.807, 2.05) is 61.5 Å². The Balaban J connectivity index is 1.47. The van der Waals surface area contributed by atoms with Gasteiger partial charge in [0.2, 0.25) is 0 Å². The molecule has 0 radical (unpaired) electrons. The van der Waals surface area contributed by atoms with Gasteiger partial charge in [0.25, 0.3) is 11.5 Å². The molecular weight excluding hydrogens is 474 g/mol. The number of aromatic nitrogens is 2. The molecule has 1 amide bonds. The number of rotatable bonds is 5. The average molecular weight is 498 g/mol. The molecule has 2 heterocycles. The van der Waals surface area contributed by atoms with Crippen molar-refractivity contribution in [2.45, 2.75) is 20.0 Å². The Labute approximate surface area is 211 Å². The molecule has 5 rings (SSSR count). The van der Waals surface area contributed by atoms with Crippen molar-refractivity contribution in [1.82, 2.24) is 9.55 Å². The Morgan fingerprint density at radius 1 is 1.00 bits per heavy atom. The second kappa shape index (κ2) is 9.39. The van der Waals surface area contributed by atoms with Crippen LogP contribution in [0.15, 0.2) is 77.6 Å². The van der Waals surface area contributed by atoms with Crippen LogP contribution in [0.5, 0.6) is 0 Å². The number of benzene rings is 3. The minimum Gasteiger partial charge on any atom is -0.448 e. The van der Waals surface area contributed by atoms with Gasteiger partial charge in [-0.3, -0.25) is 14.9 Å². The normalized spacial score (nSPS) is 12.0. The summed E-state index contributed by atoms with van der Waals surface area (Å²) in [6, 6.07) is 22.3. The zero-order valence-electron chi connectivity index (χ0n) is 19.9. The lowest BCUT2D eigenvalue weighted by Gasteiger charge is -2.18. The van der Waals surface area contributed by atoms with Gasteiger partial charge in [-0.1, -0.05) is 65.9 Å². The number of hydrogen-bond acceptors (Lipinski definition) is 6. The van der Waals surface area contributed by atoms with Crippen LogP contribution in [0.4, 0.5) is 5.13 Å². The minimum absolute atomic E-state index is 0.0833. The molecule has 0 fully saturated rings. The Bertz CT molecular complexity index is 1690. The summed E-state index contributed by atoms with van der Waals surface area (Å²) in [5.74, 6) is -1.27. The van der Waals surface area contributed by atoms with Crippen molar-refractivity contribution in [3.63, 3.8) is 0 Å². The molecule has 0 spiro atoms. The van der Waals surface area contributed by atoms with Crippen molar-refractivity contribution in [3.05, 3.63) is 94.4 Å². The van der Waals surface area contributed by atoms with Gasteiger partial charge < -0.3 is 9.30 Å². The van der Waals surface area contributed by atoms with Gasteiger partial charge in [-0.05, 0) is 48.6 Å². The highest BCUT2D eigenvalue weighted by molar-refractivity contribution is 7.22.